The predicted molar refractivity (Wildman–Crippen MR) is 55.2 cm³/mol. The minimum atomic E-state index is -0.529. The van der Waals surface area contributed by atoms with Gasteiger partial charge >= 0.3 is 0 Å². The van der Waals surface area contributed by atoms with Gasteiger partial charge in [0.1, 0.15) is 6.33 Å². The van der Waals surface area contributed by atoms with Crippen molar-refractivity contribution in [2.75, 3.05) is 6.54 Å². The van der Waals surface area contributed by atoms with Gasteiger partial charge in [-0.05, 0) is 5.92 Å². The normalized spacial score (nSPS) is 12.5. The minimum Gasteiger partial charge on any atom is -0.391 e. The summed E-state index contributed by atoms with van der Waals surface area (Å²) < 4.78 is 0. The zero-order valence-corrected chi connectivity index (χ0v) is 8.84. The highest BCUT2D eigenvalue weighted by molar-refractivity contribution is 5.93. The lowest BCUT2D eigenvalue weighted by Gasteiger charge is -2.14. The zero-order chi connectivity index (χ0) is 11.3. The van der Waals surface area contributed by atoms with Crippen molar-refractivity contribution in [3.05, 3.63) is 24.3 Å². The molecule has 1 aromatic rings. The molecule has 0 aliphatic heterocycles. The SMILES string of the molecule is CC(C)C(O)CNC(=O)c1cncnc1. The maximum atomic E-state index is 11.5. The molecule has 0 saturated carbocycles. The van der Waals surface area contributed by atoms with E-state index >= 15 is 0 Å². The molecule has 0 aliphatic rings. The first-order valence-corrected chi connectivity index (χ1v) is 4.82. The second kappa shape index (κ2) is 5.41. The smallest absolute Gasteiger partial charge is 0.254 e. The molecule has 1 unspecified atom stereocenters. The van der Waals surface area contributed by atoms with Crippen LogP contribution in [0.2, 0.25) is 0 Å². The van der Waals surface area contributed by atoms with E-state index in [1.165, 1.54) is 18.7 Å². The van der Waals surface area contributed by atoms with E-state index in [4.69, 9.17) is 0 Å². The van der Waals surface area contributed by atoms with Crippen LogP contribution in [-0.2, 0) is 0 Å². The summed E-state index contributed by atoms with van der Waals surface area (Å²) in [4.78, 5) is 18.9. The van der Waals surface area contributed by atoms with Gasteiger partial charge in [-0.15, -0.1) is 0 Å². The average molecular weight is 209 g/mol. The lowest BCUT2D eigenvalue weighted by molar-refractivity contribution is 0.0871. The van der Waals surface area contributed by atoms with E-state index in [2.05, 4.69) is 15.3 Å². The van der Waals surface area contributed by atoms with E-state index in [1.54, 1.807) is 0 Å². The maximum Gasteiger partial charge on any atom is 0.254 e. The minimum absolute atomic E-state index is 0.123. The lowest BCUT2D eigenvalue weighted by atomic mass is 10.1. The molecule has 0 fully saturated rings. The highest BCUT2D eigenvalue weighted by Crippen LogP contribution is 1.99. The Morgan fingerprint density at radius 2 is 2.07 bits per heavy atom. The van der Waals surface area contributed by atoms with Crippen molar-refractivity contribution in [1.82, 2.24) is 15.3 Å². The van der Waals surface area contributed by atoms with Crippen molar-refractivity contribution in [2.24, 2.45) is 5.92 Å². The first-order chi connectivity index (χ1) is 7.11. The summed E-state index contributed by atoms with van der Waals surface area (Å²) >= 11 is 0. The average Bonchev–Trinajstić information content (AvgIpc) is 2.26. The number of carbonyl (C=O) groups is 1. The third-order valence-electron chi connectivity index (χ3n) is 2.06. The fourth-order valence-electron chi connectivity index (χ4n) is 0.951. The standard InChI is InChI=1S/C10H15N3O2/c1-7(2)9(14)5-13-10(15)8-3-11-6-12-4-8/h3-4,6-7,9,14H,5H2,1-2H3,(H,13,15). The molecule has 82 valence electrons. The molecular formula is C10H15N3O2. The van der Waals surface area contributed by atoms with Crippen molar-refractivity contribution in [3.63, 3.8) is 0 Å². The van der Waals surface area contributed by atoms with E-state index in [-0.39, 0.29) is 18.4 Å². The number of aliphatic hydroxyl groups excluding tert-OH is 1. The van der Waals surface area contributed by atoms with Crippen LogP contribution in [0, 0.1) is 5.92 Å². The number of aromatic nitrogens is 2. The molecule has 2 N–H and O–H groups in total. The molecule has 0 aliphatic carbocycles. The predicted octanol–water partition coefficient (Wildman–Crippen LogP) is 0.223. The molecule has 0 aromatic carbocycles. The first-order valence-electron chi connectivity index (χ1n) is 4.82. The van der Waals surface area contributed by atoms with Gasteiger partial charge in [-0.25, -0.2) is 9.97 Å². The fourth-order valence-corrected chi connectivity index (χ4v) is 0.951. The van der Waals surface area contributed by atoms with Gasteiger partial charge in [-0.3, -0.25) is 4.79 Å². The van der Waals surface area contributed by atoms with Crippen molar-refractivity contribution in [3.8, 4) is 0 Å². The molecule has 0 saturated heterocycles. The van der Waals surface area contributed by atoms with Crippen LogP contribution in [0.1, 0.15) is 24.2 Å². The Balaban J connectivity index is 2.44. The number of hydrogen-bond acceptors (Lipinski definition) is 4. The summed E-state index contributed by atoms with van der Waals surface area (Å²) in [5, 5.41) is 12.1. The molecule has 5 heteroatoms. The number of carbonyl (C=O) groups excluding carboxylic acids is 1. The Morgan fingerprint density at radius 3 is 2.60 bits per heavy atom. The summed E-state index contributed by atoms with van der Waals surface area (Å²) in [6.45, 7) is 4.02. The Hall–Kier alpha value is -1.49. The van der Waals surface area contributed by atoms with Crippen LogP contribution in [-0.4, -0.2) is 33.6 Å². The number of rotatable bonds is 4. The van der Waals surface area contributed by atoms with Gasteiger partial charge in [0.2, 0.25) is 0 Å². The molecule has 0 bridgehead atoms. The summed E-state index contributed by atoms with van der Waals surface area (Å²) in [6, 6.07) is 0. The summed E-state index contributed by atoms with van der Waals surface area (Å²) in [5.74, 6) is -0.146. The third kappa shape index (κ3) is 3.63. The maximum absolute atomic E-state index is 11.5. The molecule has 1 atom stereocenters. The molecule has 1 heterocycles. The molecule has 15 heavy (non-hydrogen) atoms. The van der Waals surface area contributed by atoms with Gasteiger partial charge in [0.25, 0.3) is 5.91 Å². The van der Waals surface area contributed by atoms with Crippen LogP contribution in [0.15, 0.2) is 18.7 Å². The van der Waals surface area contributed by atoms with E-state index < -0.39 is 6.10 Å². The van der Waals surface area contributed by atoms with Crippen molar-refractivity contribution in [1.29, 1.82) is 0 Å². The van der Waals surface area contributed by atoms with Crippen molar-refractivity contribution in [2.45, 2.75) is 20.0 Å². The quantitative estimate of drug-likeness (QED) is 0.744. The molecule has 0 radical (unpaired) electrons. The number of aliphatic hydroxyl groups is 1. The number of nitrogens with zero attached hydrogens (tertiary/aromatic N) is 2. The van der Waals surface area contributed by atoms with E-state index in [1.807, 2.05) is 13.8 Å². The van der Waals surface area contributed by atoms with Gasteiger partial charge in [0, 0.05) is 18.9 Å². The highest BCUT2D eigenvalue weighted by atomic mass is 16.3. The molecular weight excluding hydrogens is 194 g/mol. The largest absolute Gasteiger partial charge is 0.391 e. The third-order valence-corrected chi connectivity index (χ3v) is 2.06. The monoisotopic (exact) mass is 209 g/mol. The number of nitrogens with one attached hydrogen (secondary N) is 1. The molecule has 0 spiro atoms. The zero-order valence-electron chi connectivity index (χ0n) is 8.84. The molecule has 5 nitrogen and oxygen atoms in total. The van der Waals surface area contributed by atoms with Gasteiger partial charge in [0.15, 0.2) is 0 Å². The van der Waals surface area contributed by atoms with Crippen LogP contribution in [0.3, 0.4) is 0 Å². The van der Waals surface area contributed by atoms with Gasteiger partial charge in [-0.2, -0.15) is 0 Å². The van der Waals surface area contributed by atoms with Crippen LogP contribution in [0.4, 0.5) is 0 Å². The van der Waals surface area contributed by atoms with Crippen LogP contribution < -0.4 is 5.32 Å². The van der Waals surface area contributed by atoms with Gasteiger partial charge in [-0.1, -0.05) is 13.8 Å². The first kappa shape index (κ1) is 11.6. The fraction of sp³-hybridized carbons (Fsp3) is 0.500. The Kier molecular flexibility index (Phi) is 4.17. The summed E-state index contributed by atoms with van der Waals surface area (Å²) in [7, 11) is 0. The molecule has 1 amide bonds. The highest BCUT2D eigenvalue weighted by Gasteiger charge is 2.11. The second-order valence-electron chi connectivity index (χ2n) is 3.65. The second-order valence-corrected chi connectivity index (χ2v) is 3.65. The number of amides is 1. The Bertz CT molecular complexity index is 314. The summed E-state index contributed by atoms with van der Waals surface area (Å²) in [5.41, 5.74) is 0.397. The Labute approximate surface area is 88.6 Å². The Morgan fingerprint density at radius 1 is 1.47 bits per heavy atom. The van der Waals surface area contributed by atoms with E-state index in [0.717, 1.165) is 0 Å². The lowest BCUT2D eigenvalue weighted by Crippen LogP contribution is -2.34. The van der Waals surface area contributed by atoms with E-state index in [0.29, 0.717) is 5.56 Å². The number of hydrogen-bond donors (Lipinski definition) is 2. The van der Waals surface area contributed by atoms with Crippen molar-refractivity contribution < 1.29 is 9.90 Å². The topological polar surface area (TPSA) is 75.1 Å². The molecule has 1 rings (SSSR count). The van der Waals surface area contributed by atoms with Crippen molar-refractivity contribution >= 4 is 5.91 Å². The van der Waals surface area contributed by atoms with E-state index in [9.17, 15) is 9.90 Å². The van der Waals surface area contributed by atoms with Gasteiger partial charge < -0.3 is 10.4 Å². The van der Waals surface area contributed by atoms with Crippen LogP contribution >= 0.6 is 0 Å². The van der Waals surface area contributed by atoms with Crippen LogP contribution in [0.5, 0.6) is 0 Å². The molecule has 1 aromatic heterocycles. The summed E-state index contributed by atoms with van der Waals surface area (Å²) in [6.07, 6.45) is 3.70. The van der Waals surface area contributed by atoms with Crippen LogP contribution in [0.25, 0.3) is 0 Å². The van der Waals surface area contributed by atoms with Gasteiger partial charge in [0.05, 0.1) is 11.7 Å².